The standard InChI is InChI=1S/C15H21NS/c1-3-4-5-8-14(16-2)12-7-6-9-15-13(12)10-11-17-15/h10-12,14,16H,5-9H2,1-2H3. The van der Waals surface area contributed by atoms with Crippen LogP contribution in [0.4, 0.5) is 0 Å². The van der Waals surface area contributed by atoms with Crippen LogP contribution in [-0.4, -0.2) is 13.1 Å². The number of likely N-dealkylation sites (N-methyl/N-ethyl adjacent to an activating group) is 1. The average Bonchev–Trinajstić information content (AvgIpc) is 2.83. The Hall–Kier alpha value is -0.780. The Morgan fingerprint density at radius 1 is 1.59 bits per heavy atom. The molecule has 2 heteroatoms. The van der Waals surface area contributed by atoms with Crippen molar-refractivity contribution in [1.82, 2.24) is 5.32 Å². The summed E-state index contributed by atoms with van der Waals surface area (Å²) in [7, 11) is 2.09. The van der Waals surface area contributed by atoms with Gasteiger partial charge in [-0.05, 0) is 56.7 Å². The second-order valence-corrected chi connectivity index (χ2v) is 5.66. The fourth-order valence-corrected chi connectivity index (χ4v) is 3.84. The van der Waals surface area contributed by atoms with Gasteiger partial charge in [-0.3, -0.25) is 0 Å². The van der Waals surface area contributed by atoms with E-state index in [1.165, 1.54) is 19.3 Å². The fourth-order valence-electron chi connectivity index (χ4n) is 2.84. The molecule has 1 nitrogen and oxygen atoms in total. The van der Waals surface area contributed by atoms with Gasteiger partial charge in [0.05, 0.1) is 0 Å². The molecule has 0 aromatic carbocycles. The van der Waals surface area contributed by atoms with Gasteiger partial charge in [-0.1, -0.05) is 0 Å². The van der Waals surface area contributed by atoms with E-state index in [1.54, 1.807) is 10.4 Å². The van der Waals surface area contributed by atoms with Crippen LogP contribution in [0.25, 0.3) is 0 Å². The summed E-state index contributed by atoms with van der Waals surface area (Å²) in [5.74, 6) is 6.87. The van der Waals surface area contributed by atoms with Gasteiger partial charge in [-0.15, -0.1) is 23.2 Å². The van der Waals surface area contributed by atoms with Crippen molar-refractivity contribution >= 4 is 11.3 Å². The molecule has 1 heterocycles. The Bertz CT molecular complexity index is 410. The normalized spacial score (nSPS) is 20.2. The number of thiophene rings is 1. The Morgan fingerprint density at radius 3 is 3.24 bits per heavy atom. The zero-order valence-corrected chi connectivity index (χ0v) is 11.6. The lowest BCUT2D eigenvalue weighted by Gasteiger charge is -2.30. The average molecular weight is 247 g/mol. The summed E-state index contributed by atoms with van der Waals surface area (Å²) in [6.45, 7) is 1.92. The van der Waals surface area contributed by atoms with Crippen molar-refractivity contribution in [3.8, 4) is 11.8 Å². The monoisotopic (exact) mass is 247 g/mol. The molecule has 0 saturated heterocycles. The molecule has 0 aliphatic heterocycles. The van der Waals surface area contributed by atoms with Gasteiger partial charge in [-0.2, -0.15) is 0 Å². The highest BCUT2D eigenvalue weighted by Crippen LogP contribution is 2.37. The lowest BCUT2D eigenvalue weighted by molar-refractivity contribution is 0.399. The van der Waals surface area contributed by atoms with Crippen LogP contribution in [0.1, 0.15) is 49.0 Å². The predicted octanol–water partition coefficient (Wildman–Crippen LogP) is 3.56. The van der Waals surface area contributed by atoms with Gasteiger partial charge in [0.25, 0.3) is 0 Å². The molecule has 1 aromatic rings. The van der Waals surface area contributed by atoms with E-state index in [1.807, 2.05) is 18.3 Å². The van der Waals surface area contributed by atoms with E-state index in [9.17, 15) is 0 Å². The summed E-state index contributed by atoms with van der Waals surface area (Å²) >= 11 is 1.93. The third-order valence-electron chi connectivity index (χ3n) is 3.71. The van der Waals surface area contributed by atoms with Crippen LogP contribution in [-0.2, 0) is 6.42 Å². The number of fused-ring (bicyclic) bond motifs is 1. The molecular formula is C15H21NS. The molecule has 0 saturated carbocycles. The zero-order chi connectivity index (χ0) is 12.1. The molecule has 92 valence electrons. The van der Waals surface area contributed by atoms with E-state index in [0.29, 0.717) is 12.0 Å². The van der Waals surface area contributed by atoms with Crippen LogP contribution in [0.15, 0.2) is 11.4 Å². The molecule has 1 aliphatic rings. The van der Waals surface area contributed by atoms with E-state index in [4.69, 9.17) is 0 Å². The molecule has 2 atom stereocenters. The second-order valence-electron chi connectivity index (χ2n) is 4.66. The van der Waals surface area contributed by atoms with Crippen LogP contribution in [0.2, 0.25) is 0 Å². The summed E-state index contributed by atoms with van der Waals surface area (Å²) in [4.78, 5) is 1.61. The van der Waals surface area contributed by atoms with Crippen LogP contribution in [0, 0.1) is 11.8 Å². The summed E-state index contributed by atoms with van der Waals surface area (Å²) in [5.41, 5.74) is 1.60. The van der Waals surface area contributed by atoms with Crippen LogP contribution in [0.5, 0.6) is 0 Å². The van der Waals surface area contributed by atoms with Gasteiger partial charge in [0.2, 0.25) is 0 Å². The van der Waals surface area contributed by atoms with Crippen molar-refractivity contribution in [2.24, 2.45) is 0 Å². The van der Waals surface area contributed by atoms with Crippen LogP contribution in [0.3, 0.4) is 0 Å². The van der Waals surface area contributed by atoms with Gasteiger partial charge in [0.15, 0.2) is 0 Å². The van der Waals surface area contributed by atoms with Gasteiger partial charge in [0.1, 0.15) is 0 Å². The molecule has 0 radical (unpaired) electrons. The van der Waals surface area contributed by atoms with E-state index in [2.05, 4.69) is 35.7 Å². The minimum Gasteiger partial charge on any atom is -0.316 e. The minimum atomic E-state index is 0.587. The van der Waals surface area contributed by atoms with Crippen molar-refractivity contribution in [1.29, 1.82) is 0 Å². The lowest BCUT2D eigenvalue weighted by Crippen LogP contribution is -2.33. The first-order chi connectivity index (χ1) is 8.36. The Labute approximate surface area is 109 Å². The smallest absolute Gasteiger partial charge is 0.0142 e. The Balaban J connectivity index is 2.07. The van der Waals surface area contributed by atoms with Crippen molar-refractivity contribution in [3.63, 3.8) is 0 Å². The minimum absolute atomic E-state index is 0.587. The molecule has 0 amide bonds. The van der Waals surface area contributed by atoms with Gasteiger partial charge in [0, 0.05) is 23.3 Å². The molecule has 1 N–H and O–H groups in total. The van der Waals surface area contributed by atoms with Crippen LogP contribution >= 0.6 is 11.3 Å². The molecule has 0 bridgehead atoms. The predicted molar refractivity (Wildman–Crippen MR) is 75.5 cm³/mol. The molecule has 2 rings (SSSR count). The quantitative estimate of drug-likeness (QED) is 0.802. The summed E-state index contributed by atoms with van der Waals surface area (Å²) in [6.07, 6.45) is 6.13. The molecule has 0 spiro atoms. The Morgan fingerprint density at radius 2 is 2.47 bits per heavy atom. The highest BCUT2D eigenvalue weighted by molar-refractivity contribution is 7.10. The van der Waals surface area contributed by atoms with E-state index in [0.717, 1.165) is 12.8 Å². The van der Waals surface area contributed by atoms with Crippen molar-refractivity contribution in [2.45, 2.75) is 51.0 Å². The van der Waals surface area contributed by atoms with E-state index < -0.39 is 0 Å². The topological polar surface area (TPSA) is 12.0 Å². The summed E-state index contributed by atoms with van der Waals surface area (Å²) in [6, 6.07) is 2.92. The SMILES string of the molecule is CC#CCCC(NC)C1CCCc2sccc21. The largest absolute Gasteiger partial charge is 0.316 e. The summed E-state index contributed by atoms with van der Waals surface area (Å²) < 4.78 is 0. The number of nitrogens with one attached hydrogen (secondary N) is 1. The van der Waals surface area contributed by atoms with E-state index in [-0.39, 0.29) is 0 Å². The van der Waals surface area contributed by atoms with Crippen molar-refractivity contribution in [3.05, 3.63) is 21.9 Å². The maximum absolute atomic E-state index is 3.50. The molecule has 1 aromatic heterocycles. The third-order valence-corrected chi connectivity index (χ3v) is 4.71. The highest BCUT2D eigenvalue weighted by atomic mass is 32.1. The first-order valence-corrected chi connectivity index (χ1v) is 7.38. The number of hydrogen-bond acceptors (Lipinski definition) is 2. The number of hydrogen-bond donors (Lipinski definition) is 1. The number of rotatable bonds is 4. The molecule has 2 unspecified atom stereocenters. The van der Waals surface area contributed by atoms with Crippen LogP contribution < -0.4 is 5.32 Å². The van der Waals surface area contributed by atoms with Gasteiger partial charge >= 0.3 is 0 Å². The molecule has 17 heavy (non-hydrogen) atoms. The van der Waals surface area contributed by atoms with Gasteiger partial charge < -0.3 is 5.32 Å². The molecule has 0 fully saturated rings. The highest BCUT2D eigenvalue weighted by Gasteiger charge is 2.27. The van der Waals surface area contributed by atoms with Gasteiger partial charge in [-0.25, -0.2) is 0 Å². The van der Waals surface area contributed by atoms with E-state index >= 15 is 0 Å². The fraction of sp³-hybridized carbons (Fsp3) is 0.600. The maximum Gasteiger partial charge on any atom is 0.0142 e. The molecular weight excluding hydrogens is 226 g/mol. The van der Waals surface area contributed by atoms with Crippen molar-refractivity contribution in [2.75, 3.05) is 7.05 Å². The second kappa shape index (κ2) is 6.23. The number of aryl methyl sites for hydroxylation is 1. The summed E-state index contributed by atoms with van der Waals surface area (Å²) in [5, 5.41) is 5.75. The Kier molecular flexibility index (Phi) is 4.65. The van der Waals surface area contributed by atoms with Crippen molar-refractivity contribution < 1.29 is 0 Å². The third kappa shape index (κ3) is 2.91. The lowest BCUT2D eigenvalue weighted by atomic mass is 9.81. The zero-order valence-electron chi connectivity index (χ0n) is 10.8. The first kappa shape index (κ1) is 12.7. The molecule has 1 aliphatic carbocycles. The first-order valence-electron chi connectivity index (χ1n) is 6.50. The maximum atomic E-state index is 3.50.